The SMILES string of the molecule is CN(CC(C)(C)O)S(=O)(=O)Cc1ccc(C(=O)O)cc1. The van der Waals surface area contributed by atoms with Crippen molar-refractivity contribution in [3.8, 4) is 0 Å². The molecular weight excluding hydrogens is 282 g/mol. The third-order valence-corrected chi connectivity index (χ3v) is 4.41. The van der Waals surface area contributed by atoms with Crippen molar-refractivity contribution in [3.05, 3.63) is 35.4 Å². The van der Waals surface area contributed by atoms with E-state index in [0.717, 1.165) is 4.31 Å². The minimum Gasteiger partial charge on any atom is -0.478 e. The van der Waals surface area contributed by atoms with E-state index >= 15 is 0 Å². The molecule has 0 amide bonds. The minimum atomic E-state index is -3.55. The average molecular weight is 301 g/mol. The smallest absolute Gasteiger partial charge is 0.335 e. The van der Waals surface area contributed by atoms with E-state index in [2.05, 4.69) is 0 Å². The number of hydrogen-bond acceptors (Lipinski definition) is 4. The van der Waals surface area contributed by atoms with Gasteiger partial charge < -0.3 is 10.2 Å². The van der Waals surface area contributed by atoms with Crippen LogP contribution in [0.3, 0.4) is 0 Å². The molecule has 0 saturated heterocycles. The average Bonchev–Trinajstić information content (AvgIpc) is 2.26. The number of carboxylic acids is 1. The molecule has 0 heterocycles. The van der Waals surface area contributed by atoms with Crippen LogP contribution in [0.25, 0.3) is 0 Å². The highest BCUT2D eigenvalue weighted by molar-refractivity contribution is 7.88. The molecule has 7 heteroatoms. The van der Waals surface area contributed by atoms with Crippen molar-refractivity contribution >= 4 is 16.0 Å². The molecule has 0 atom stereocenters. The van der Waals surface area contributed by atoms with Crippen LogP contribution < -0.4 is 0 Å². The van der Waals surface area contributed by atoms with Crippen molar-refractivity contribution in [3.63, 3.8) is 0 Å². The molecular formula is C13H19NO5S. The fourth-order valence-electron chi connectivity index (χ4n) is 1.71. The maximum Gasteiger partial charge on any atom is 0.335 e. The van der Waals surface area contributed by atoms with E-state index in [4.69, 9.17) is 5.11 Å². The first-order chi connectivity index (χ1) is 9.01. The predicted molar refractivity (Wildman–Crippen MR) is 75.0 cm³/mol. The van der Waals surface area contributed by atoms with E-state index in [-0.39, 0.29) is 17.9 Å². The van der Waals surface area contributed by atoms with Gasteiger partial charge in [0, 0.05) is 13.6 Å². The van der Waals surface area contributed by atoms with Gasteiger partial charge in [0.2, 0.25) is 10.0 Å². The molecule has 0 aromatic heterocycles. The van der Waals surface area contributed by atoms with Crippen molar-refractivity contribution in [2.75, 3.05) is 13.6 Å². The second kappa shape index (κ2) is 5.90. The molecule has 0 fully saturated rings. The largest absolute Gasteiger partial charge is 0.478 e. The number of hydrogen-bond donors (Lipinski definition) is 2. The summed E-state index contributed by atoms with van der Waals surface area (Å²) in [5.41, 5.74) is -0.511. The van der Waals surface area contributed by atoms with Gasteiger partial charge in [-0.1, -0.05) is 12.1 Å². The highest BCUT2D eigenvalue weighted by Crippen LogP contribution is 2.13. The first-order valence-electron chi connectivity index (χ1n) is 6.00. The van der Waals surface area contributed by atoms with Crippen LogP contribution in [-0.2, 0) is 15.8 Å². The van der Waals surface area contributed by atoms with Crippen LogP contribution in [0, 0.1) is 0 Å². The van der Waals surface area contributed by atoms with Gasteiger partial charge in [-0.05, 0) is 31.5 Å². The summed E-state index contributed by atoms with van der Waals surface area (Å²) in [4.78, 5) is 10.7. The van der Waals surface area contributed by atoms with Crippen molar-refractivity contribution in [2.45, 2.75) is 25.2 Å². The molecule has 20 heavy (non-hydrogen) atoms. The Hall–Kier alpha value is -1.44. The minimum absolute atomic E-state index is 0.0114. The Bertz CT molecular complexity index is 572. The molecule has 0 saturated carbocycles. The summed E-state index contributed by atoms with van der Waals surface area (Å²) in [6, 6.07) is 5.67. The summed E-state index contributed by atoms with van der Waals surface area (Å²) in [5, 5.41) is 18.4. The second-order valence-corrected chi connectivity index (χ2v) is 7.40. The van der Waals surface area contributed by atoms with E-state index < -0.39 is 21.6 Å². The maximum atomic E-state index is 12.1. The quantitative estimate of drug-likeness (QED) is 0.814. The Labute approximate surface area is 118 Å². The predicted octanol–water partition coefficient (Wildman–Crippen LogP) is 0.917. The van der Waals surface area contributed by atoms with Crippen LogP contribution in [0.5, 0.6) is 0 Å². The van der Waals surface area contributed by atoms with Gasteiger partial charge in [0.05, 0.1) is 16.9 Å². The monoisotopic (exact) mass is 301 g/mol. The number of carboxylic acid groups (broad SMARTS) is 1. The third kappa shape index (κ3) is 4.92. The fraction of sp³-hybridized carbons (Fsp3) is 0.462. The van der Waals surface area contributed by atoms with Gasteiger partial charge in [0.25, 0.3) is 0 Å². The standard InChI is InChI=1S/C13H19NO5S/c1-13(2,17)9-14(3)20(18,19)8-10-4-6-11(7-5-10)12(15)16/h4-7,17H,8-9H2,1-3H3,(H,15,16). The fourth-order valence-corrected chi connectivity index (χ4v) is 3.05. The van der Waals surface area contributed by atoms with Gasteiger partial charge in [-0.25, -0.2) is 17.5 Å². The van der Waals surface area contributed by atoms with Gasteiger partial charge in [-0.3, -0.25) is 0 Å². The summed E-state index contributed by atoms with van der Waals surface area (Å²) in [5.74, 6) is -1.29. The first kappa shape index (κ1) is 16.6. The normalized spacial score (nSPS) is 12.7. The summed E-state index contributed by atoms with van der Waals surface area (Å²) in [6.45, 7) is 3.05. The van der Waals surface area contributed by atoms with Crippen LogP contribution in [0.4, 0.5) is 0 Å². The lowest BCUT2D eigenvalue weighted by Crippen LogP contribution is -2.40. The number of benzene rings is 1. The van der Waals surface area contributed by atoms with Crippen LogP contribution in [-0.4, -0.2) is 48.1 Å². The lowest BCUT2D eigenvalue weighted by Gasteiger charge is -2.25. The molecule has 0 aliphatic heterocycles. The van der Waals surface area contributed by atoms with E-state index in [1.807, 2.05) is 0 Å². The Kier molecular flexibility index (Phi) is 4.90. The van der Waals surface area contributed by atoms with Crippen LogP contribution in [0.1, 0.15) is 29.8 Å². The molecule has 0 spiro atoms. The van der Waals surface area contributed by atoms with E-state index in [9.17, 15) is 18.3 Å². The van der Waals surface area contributed by atoms with Crippen LogP contribution in [0.2, 0.25) is 0 Å². The third-order valence-electron chi connectivity index (χ3n) is 2.63. The van der Waals surface area contributed by atoms with Crippen molar-refractivity contribution in [2.24, 2.45) is 0 Å². The lowest BCUT2D eigenvalue weighted by molar-refractivity contribution is 0.0638. The molecule has 2 N–H and O–H groups in total. The second-order valence-electron chi connectivity index (χ2n) is 5.33. The van der Waals surface area contributed by atoms with Crippen LogP contribution in [0.15, 0.2) is 24.3 Å². The molecule has 0 radical (unpaired) electrons. The van der Waals surface area contributed by atoms with Gasteiger partial charge in [-0.15, -0.1) is 0 Å². The molecule has 1 aromatic rings. The van der Waals surface area contributed by atoms with E-state index in [0.29, 0.717) is 5.56 Å². The Morgan fingerprint density at radius 1 is 1.25 bits per heavy atom. The van der Waals surface area contributed by atoms with Gasteiger partial charge in [-0.2, -0.15) is 0 Å². The van der Waals surface area contributed by atoms with Crippen molar-refractivity contribution in [1.29, 1.82) is 0 Å². The molecule has 1 aromatic carbocycles. The number of aliphatic hydroxyl groups is 1. The molecule has 0 aliphatic rings. The molecule has 0 aliphatic carbocycles. The summed E-state index contributed by atoms with van der Waals surface area (Å²) in [7, 11) is -2.15. The van der Waals surface area contributed by atoms with E-state index in [1.165, 1.54) is 45.2 Å². The van der Waals surface area contributed by atoms with E-state index in [1.54, 1.807) is 0 Å². The van der Waals surface area contributed by atoms with Crippen molar-refractivity contribution in [1.82, 2.24) is 4.31 Å². The van der Waals surface area contributed by atoms with Gasteiger partial charge in [0.15, 0.2) is 0 Å². The first-order valence-corrected chi connectivity index (χ1v) is 7.61. The van der Waals surface area contributed by atoms with Crippen molar-refractivity contribution < 1.29 is 23.4 Å². The number of sulfonamides is 1. The number of carbonyl (C=O) groups is 1. The maximum absolute atomic E-state index is 12.1. The zero-order valence-electron chi connectivity index (χ0n) is 11.7. The van der Waals surface area contributed by atoms with Gasteiger partial charge in [0.1, 0.15) is 0 Å². The highest BCUT2D eigenvalue weighted by Gasteiger charge is 2.24. The van der Waals surface area contributed by atoms with Gasteiger partial charge >= 0.3 is 5.97 Å². The summed E-state index contributed by atoms with van der Waals surface area (Å²) >= 11 is 0. The number of likely N-dealkylation sites (N-methyl/N-ethyl adjacent to an activating group) is 1. The van der Waals surface area contributed by atoms with Crippen LogP contribution >= 0.6 is 0 Å². The molecule has 1 rings (SSSR count). The number of rotatable bonds is 6. The zero-order valence-corrected chi connectivity index (χ0v) is 12.5. The topological polar surface area (TPSA) is 94.9 Å². The lowest BCUT2D eigenvalue weighted by atomic mass is 10.1. The summed E-state index contributed by atoms with van der Waals surface area (Å²) < 4.78 is 25.3. The zero-order chi connectivity index (χ0) is 15.6. The Morgan fingerprint density at radius 2 is 1.75 bits per heavy atom. The Morgan fingerprint density at radius 3 is 2.15 bits per heavy atom. The summed E-state index contributed by atoms with van der Waals surface area (Å²) in [6.07, 6.45) is 0. The molecule has 0 bridgehead atoms. The Balaban J connectivity index is 2.83. The number of aromatic carboxylic acids is 1. The molecule has 112 valence electrons. The molecule has 6 nitrogen and oxygen atoms in total. The highest BCUT2D eigenvalue weighted by atomic mass is 32.2. The molecule has 0 unspecified atom stereocenters. The number of nitrogens with zero attached hydrogens (tertiary/aromatic N) is 1.